The lowest BCUT2D eigenvalue weighted by atomic mass is 10.1. The van der Waals surface area contributed by atoms with Crippen LogP contribution in [0.1, 0.15) is 45.5 Å². The van der Waals surface area contributed by atoms with Crippen molar-refractivity contribution < 1.29 is 4.74 Å². The van der Waals surface area contributed by atoms with Gasteiger partial charge in [-0.1, -0.05) is 13.8 Å². The number of ether oxygens (including phenoxy) is 1. The summed E-state index contributed by atoms with van der Waals surface area (Å²) in [6.45, 7) is 9.52. The summed E-state index contributed by atoms with van der Waals surface area (Å²) in [5.41, 5.74) is 2.50. The first-order chi connectivity index (χ1) is 7.95. The second-order valence-corrected chi connectivity index (χ2v) is 5.93. The van der Waals surface area contributed by atoms with Gasteiger partial charge in [0.25, 0.3) is 0 Å². The molecule has 98 valence electrons. The van der Waals surface area contributed by atoms with Crippen molar-refractivity contribution in [1.29, 1.82) is 0 Å². The molecule has 0 amide bonds. The molecule has 1 aromatic heterocycles. The average molecular weight is 350 g/mol. The van der Waals surface area contributed by atoms with Crippen LogP contribution in [-0.2, 0) is 24.1 Å². The highest BCUT2D eigenvalue weighted by Crippen LogP contribution is 2.21. The summed E-state index contributed by atoms with van der Waals surface area (Å²) in [7, 11) is 1.77. The van der Waals surface area contributed by atoms with Crippen LogP contribution in [0.25, 0.3) is 0 Å². The molecule has 0 saturated heterocycles. The third kappa shape index (κ3) is 3.68. The molecule has 17 heavy (non-hydrogen) atoms. The van der Waals surface area contributed by atoms with Gasteiger partial charge in [-0.15, -0.1) is 0 Å². The molecule has 0 atom stereocenters. The first-order valence-electron chi connectivity index (χ1n) is 6.24. The van der Waals surface area contributed by atoms with E-state index in [0.717, 1.165) is 25.8 Å². The minimum absolute atomic E-state index is 0.0746. The zero-order valence-corrected chi connectivity index (χ0v) is 13.7. The van der Waals surface area contributed by atoms with Crippen molar-refractivity contribution in [1.82, 2.24) is 9.78 Å². The second-order valence-electron chi connectivity index (χ2n) is 4.85. The van der Waals surface area contributed by atoms with Crippen molar-refractivity contribution in [3.63, 3.8) is 0 Å². The Labute approximate surface area is 118 Å². The summed E-state index contributed by atoms with van der Waals surface area (Å²) >= 11 is 2.42. The molecular formula is C13H23IN2O. The number of rotatable bonds is 6. The zero-order valence-electron chi connectivity index (χ0n) is 11.5. The summed E-state index contributed by atoms with van der Waals surface area (Å²) in [6.07, 6.45) is 3.03. The largest absolute Gasteiger partial charge is 0.379 e. The molecule has 0 aliphatic heterocycles. The highest BCUT2D eigenvalue weighted by atomic mass is 127. The highest BCUT2D eigenvalue weighted by molar-refractivity contribution is 14.1. The van der Waals surface area contributed by atoms with Crippen molar-refractivity contribution in [2.45, 2.75) is 59.1 Å². The van der Waals surface area contributed by atoms with E-state index in [-0.39, 0.29) is 5.60 Å². The van der Waals surface area contributed by atoms with Crippen molar-refractivity contribution in [2.24, 2.45) is 0 Å². The Kier molecular flexibility index (Phi) is 5.44. The molecule has 1 aromatic rings. The van der Waals surface area contributed by atoms with Crippen LogP contribution in [-0.4, -0.2) is 22.5 Å². The molecule has 3 nitrogen and oxygen atoms in total. The smallest absolute Gasteiger partial charge is 0.0758 e. The summed E-state index contributed by atoms with van der Waals surface area (Å²) in [5, 5.41) is 4.69. The van der Waals surface area contributed by atoms with Crippen LogP contribution in [0.4, 0.5) is 0 Å². The van der Waals surface area contributed by atoms with Gasteiger partial charge in [-0.2, -0.15) is 5.10 Å². The SMILES string of the molecule is CCc1nn(CCC(C)(C)OC)c(CC)c1I. The number of hydrogen-bond donors (Lipinski definition) is 0. The van der Waals surface area contributed by atoms with E-state index in [4.69, 9.17) is 9.84 Å². The molecular weight excluding hydrogens is 327 g/mol. The van der Waals surface area contributed by atoms with Crippen LogP contribution in [0.3, 0.4) is 0 Å². The molecule has 0 aliphatic rings. The summed E-state index contributed by atoms with van der Waals surface area (Å²) in [4.78, 5) is 0. The Balaban J connectivity index is 2.84. The van der Waals surface area contributed by atoms with Crippen molar-refractivity contribution >= 4 is 22.6 Å². The van der Waals surface area contributed by atoms with E-state index in [1.807, 2.05) is 0 Å². The Morgan fingerprint density at radius 2 is 1.94 bits per heavy atom. The third-order valence-corrected chi connectivity index (χ3v) is 4.45. The standard InChI is InChI=1S/C13H23IN2O/c1-6-10-12(14)11(7-2)16(15-10)9-8-13(3,4)17-5/h6-9H2,1-5H3. The van der Waals surface area contributed by atoms with E-state index in [0.29, 0.717) is 0 Å². The first kappa shape index (κ1) is 15.0. The lowest BCUT2D eigenvalue weighted by molar-refractivity contribution is 0.0111. The van der Waals surface area contributed by atoms with Crippen molar-refractivity contribution in [2.75, 3.05) is 7.11 Å². The van der Waals surface area contributed by atoms with Gasteiger partial charge in [0.15, 0.2) is 0 Å². The molecule has 0 bridgehead atoms. The lowest BCUT2D eigenvalue weighted by Crippen LogP contribution is -2.25. The molecule has 0 unspecified atom stereocenters. The van der Waals surface area contributed by atoms with Gasteiger partial charge in [-0.05, 0) is 55.7 Å². The van der Waals surface area contributed by atoms with Crippen LogP contribution in [0.15, 0.2) is 0 Å². The van der Waals surface area contributed by atoms with Gasteiger partial charge in [0.2, 0.25) is 0 Å². The fraction of sp³-hybridized carbons (Fsp3) is 0.769. The Morgan fingerprint density at radius 3 is 2.41 bits per heavy atom. The predicted octanol–water partition coefficient (Wildman–Crippen LogP) is 3.43. The van der Waals surface area contributed by atoms with Gasteiger partial charge >= 0.3 is 0 Å². The van der Waals surface area contributed by atoms with E-state index >= 15 is 0 Å². The first-order valence-corrected chi connectivity index (χ1v) is 7.32. The number of aromatic nitrogens is 2. The molecule has 0 spiro atoms. The fourth-order valence-electron chi connectivity index (χ4n) is 1.76. The van der Waals surface area contributed by atoms with E-state index in [1.54, 1.807) is 7.11 Å². The molecule has 0 fully saturated rings. The maximum Gasteiger partial charge on any atom is 0.0758 e. The molecule has 4 heteroatoms. The maximum atomic E-state index is 5.45. The van der Waals surface area contributed by atoms with Gasteiger partial charge in [-0.3, -0.25) is 4.68 Å². The summed E-state index contributed by atoms with van der Waals surface area (Å²) in [6, 6.07) is 0. The van der Waals surface area contributed by atoms with Crippen LogP contribution in [0.2, 0.25) is 0 Å². The van der Waals surface area contributed by atoms with E-state index in [2.05, 4.69) is 55.0 Å². The van der Waals surface area contributed by atoms with Crippen molar-refractivity contribution in [3.8, 4) is 0 Å². The van der Waals surface area contributed by atoms with Gasteiger partial charge in [-0.25, -0.2) is 0 Å². The number of nitrogens with zero attached hydrogens (tertiary/aromatic N) is 2. The Hall–Kier alpha value is -0.100. The monoisotopic (exact) mass is 350 g/mol. The molecule has 0 radical (unpaired) electrons. The molecule has 0 aromatic carbocycles. The van der Waals surface area contributed by atoms with Gasteiger partial charge < -0.3 is 4.74 Å². The van der Waals surface area contributed by atoms with Crippen LogP contribution < -0.4 is 0 Å². The number of halogens is 1. The number of methoxy groups -OCH3 is 1. The predicted molar refractivity (Wildman–Crippen MR) is 79.4 cm³/mol. The number of hydrogen-bond acceptors (Lipinski definition) is 2. The van der Waals surface area contributed by atoms with E-state index in [9.17, 15) is 0 Å². The van der Waals surface area contributed by atoms with Crippen molar-refractivity contribution in [3.05, 3.63) is 15.0 Å². The summed E-state index contributed by atoms with van der Waals surface area (Å²) in [5.74, 6) is 0. The minimum Gasteiger partial charge on any atom is -0.379 e. The Bertz CT molecular complexity index is 372. The zero-order chi connectivity index (χ0) is 13.1. The highest BCUT2D eigenvalue weighted by Gasteiger charge is 2.19. The average Bonchev–Trinajstić information content (AvgIpc) is 2.62. The molecule has 0 aliphatic carbocycles. The fourth-order valence-corrected chi connectivity index (χ4v) is 2.90. The van der Waals surface area contributed by atoms with Crippen LogP contribution in [0.5, 0.6) is 0 Å². The number of aryl methyl sites for hydroxylation is 2. The van der Waals surface area contributed by atoms with Gasteiger partial charge in [0.05, 0.1) is 20.6 Å². The topological polar surface area (TPSA) is 27.1 Å². The van der Waals surface area contributed by atoms with Crippen LogP contribution >= 0.6 is 22.6 Å². The Morgan fingerprint density at radius 1 is 1.29 bits per heavy atom. The van der Waals surface area contributed by atoms with E-state index in [1.165, 1.54) is 15.0 Å². The van der Waals surface area contributed by atoms with E-state index < -0.39 is 0 Å². The molecule has 0 saturated carbocycles. The molecule has 1 heterocycles. The maximum absolute atomic E-state index is 5.45. The lowest BCUT2D eigenvalue weighted by Gasteiger charge is -2.23. The minimum atomic E-state index is -0.0746. The second kappa shape index (κ2) is 6.18. The van der Waals surface area contributed by atoms with Crippen LogP contribution in [0, 0.1) is 3.57 Å². The van der Waals surface area contributed by atoms with Gasteiger partial charge in [0.1, 0.15) is 0 Å². The molecule has 1 rings (SSSR count). The summed E-state index contributed by atoms with van der Waals surface area (Å²) < 4.78 is 8.94. The normalized spacial score (nSPS) is 12.1. The third-order valence-electron chi connectivity index (χ3n) is 3.21. The van der Waals surface area contributed by atoms with Gasteiger partial charge in [0, 0.05) is 13.7 Å². The quantitative estimate of drug-likeness (QED) is 0.735. The molecule has 0 N–H and O–H groups in total.